The second-order valence-corrected chi connectivity index (χ2v) is 7.36. The van der Waals surface area contributed by atoms with E-state index in [-0.39, 0.29) is 29.0 Å². The van der Waals surface area contributed by atoms with Gasteiger partial charge in [-0.3, -0.25) is 4.79 Å². The maximum Gasteiger partial charge on any atom is 0.307 e. The molecule has 1 aliphatic rings. The molecule has 8 heteroatoms. The largest absolute Gasteiger partial charge is 0.495 e. The number of hydrogen-bond acceptors (Lipinski definition) is 5. The third-order valence-corrected chi connectivity index (χ3v) is 6.17. The van der Waals surface area contributed by atoms with Crippen LogP contribution in [0.5, 0.6) is 11.5 Å². The van der Waals surface area contributed by atoms with Crippen molar-refractivity contribution in [2.24, 2.45) is 5.92 Å². The summed E-state index contributed by atoms with van der Waals surface area (Å²) < 4.78 is 37.8. The van der Waals surface area contributed by atoms with Gasteiger partial charge in [-0.2, -0.15) is 4.31 Å². The van der Waals surface area contributed by atoms with E-state index in [1.54, 1.807) is 25.1 Å². The van der Waals surface area contributed by atoms with Crippen LogP contribution in [0, 0.1) is 5.92 Å². The molecule has 1 N–H and O–H groups in total. The third-order valence-electron chi connectivity index (χ3n) is 4.12. The van der Waals surface area contributed by atoms with E-state index in [0.29, 0.717) is 12.8 Å². The standard InChI is InChI=1S/C15H21NO6S/c1-10-7-8-11(15(17)18)9-16(10)23(19,20)14-12(21-2)5-4-6-13(14)22-3/h4-6,10-11H,7-9H2,1-3H3,(H,17,18). The summed E-state index contributed by atoms with van der Waals surface area (Å²) in [5.74, 6) is -1.34. The van der Waals surface area contributed by atoms with Gasteiger partial charge in [0.1, 0.15) is 11.5 Å². The highest BCUT2D eigenvalue weighted by molar-refractivity contribution is 7.89. The zero-order chi connectivity index (χ0) is 17.2. The van der Waals surface area contributed by atoms with E-state index < -0.39 is 21.9 Å². The third kappa shape index (κ3) is 3.28. The van der Waals surface area contributed by atoms with Crippen LogP contribution in [-0.4, -0.2) is 50.6 Å². The molecule has 0 spiro atoms. The highest BCUT2D eigenvalue weighted by atomic mass is 32.2. The number of sulfonamides is 1. The SMILES string of the molecule is COc1cccc(OC)c1S(=O)(=O)N1CC(C(=O)O)CCC1C. The molecule has 1 heterocycles. The number of nitrogens with zero attached hydrogens (tertiary/aromatic N) is 1. The lowest BCUT2D eigenvalue weighted by molar-refractivity contribution is -0.143. The number of carbonyl (C=O) groups is 1. The van der Waals surface area contributed by atoms with Gasteiger partial charge in [-0.15, -0.1) is 0 Å². The molecule has 1 aromatic carbocycles. The average molecular weight is 343 g/mol. The van der Waals surface area contributed by atoms with Gasteiger partial charge in [0.25, 0.3) is 10.0 Å². The number of ether oxygens (including phenoxy) is 2. The predicted molar refractivity (Wildman–Crippen MR) is 83.3 cm³/mol. The molecule has 0 aromatic heterocycles. The van der Waals surface area contributed by atoms with Crippen molar-refractivity contribution in [3.8, 4) is 11.5 Å². The van der Waals surface area contributed by atoms with Crippen molar-refractivity contribution >= 4 is 16.0 Å². The topological polar surface area (TPSA) is 93.1 Å². The predicted octanol–water partition coefficient (Wildman–Crippen LogP) is 1.58. The molecular formula is C15H21NO6S. The van der Waals surface area contributed by atoms with Gasteiger partial charge in [-0.1, -0.05) is 6.07 Å². The van der Waals surface area contributed by atoms with Gasteiger partial charge < -0.3 is 14.6 Å². The number of piperidine rings is 1. The molecule has 2 rings (SSSR count). The Morgan fingerprint density at radius 1 is 1.22 bits per heavy atom. The Labute approximate surface area is 135 Å². The van der Waals surface area contributed by atoms with E-state index in [4.69, 9.17) is 9.47 Å². The molecule has 7 nitrogen and oxygen atoms in total. The van der Waals surface area contributed by atoms with E-state index >= 15 is 0 Å². The summed E-state index contributed by atoms with van der Waals surface area (Å²) >= 11 is 0. The summed E-state index contributed by atoms with van der Waals surface area (Å²) in [5.41, 5.74) is 0. The van der Waals surface area contributed by atoms with Crippen molar-refractivity contribution in [1.82, 2.24) is 4.31 Å². The van der Waals surface area contributed by atoms with Crippen molar-refractivity contribution in [1.29, 1.82) is 0 Å². The number of rotatable bonds is 5. The van der Waals surface area contributed by atoms with Gasteiger partial charge in [0.2, 0.25) is 0 Å². The van der Waals surface area contributed by atoms with Gasteiger partial charge in [-0.25, -0.2) is 8.42 Å². The van der Waals surface area contributed by atoms with Gasteiger partial charge in [0.15, 0.2) is 4.90 Å². The molecule has 1 fully saturated rings. The molecule has 2 atom stereocenters. The number of aliphatic carboxylic acids is 1. The lowest BCUT2D eigenvalue weighted by atomic mass is 9.96. The molecule has 23 heavy (non-hydrogen) atoms. The van der Waals surface area contributed by atoms with E-state index in [0.717, 1.165) is 0 Å². The summed E-state index contributed by atoms with van der Waals surface area (Å²) in [5, 5.41) is 9.21. The molecule has 0 saturated carbocycles. The molecule has 0 amide bonds. The number of carboxylic acids is 1. The second-order valence-electron chi connectivity index (χ2n) is 5.53. The lowest BCUT2D eigenvalue weighted by Crippen LogP contribution is -2.47. The van der Waals surface area contributed by atoms with Gasteiger partial charge in [-0.05, 0) is 31.9 Å². The maximum absolute atomic E-state index is 13.1. The Balaban J connectivity index is 2.51. The van der Waals surface area contributed by atoms with Gasteiger partial charge >= 0.3 is 5.97 Å². The average Bonchev–Trinajstić information content (AvgIpc) is 2.53. The van der Waals surface area contributed by atoms with Crippen LogP contribution in [0.2, 0.25) is 0 Å². The first kappa shape index (κ1) is 17.6. The van der Waals surface area contributed by atoms with Crippen molar-refractivity contribution in [2.45, 2.75) is 30.7 Å². The second kappa shape index (κ2) is 6.76. The lowest BCUT2D eigenvalue weighted by Gasteiger charge is -2.35. The smallest absolute Gasteiger partial charge is 0.307 e. The molecule has 1 aliphatic heterocycles. The van der Waals surface area contributed by atoms with Crippen LogP contribution in [0.25, 0.3) is 0 Å². The van der Waals surface area contributed by atoms with Crippen LogP contribution in [0.15, 0.2) is 23.1 Å². The summed E-state index contributed by atoms with van der Waals surface area (Å²) in [7, 11) is -1.18. The Bertz CT molecular complexity index is 665. The first-order valence-electron chi connectivity index (χ1n) is 7.28. The van der Waals surface area contributed by atoms with Crippen LogP contribution >= 0.6 is 0 Å². The van der Waals surface area contributed by atoms with Gasteiger partial charge in [0.05, 0.1) is 20.1 Å². The molecule has 0 bridgehead atoms. The zero-order valence-corrected chi connectivity index (χ0v) is 14.2. The van der Waals surface area contributed by atoms with E-state index in [9.17, 15) is 18.3 Å². The number of benzene rings is 1. The Morgan fingerprint density at radius 3 is 2.26 bits per heavy atom. The van der Waals surface area contributed by atoms with E-state index in [1.165, 1.54) is 18.5 Å². The highest BCUT2D eigenvalue weighted by Gasteiger charge is 2.40. The minimum Gasteiger partial charge on any atom is -0.495 e. The fourth-order valence-electron chi connectivity index (χ4n) is 2.80. The molecule has 0 aliphatic carbocycles. The summed E-state index contributed by atoms with van der Waals surface area (Å²) in [6.45, 7) is 1.72. The summed E-state index contributed by atoms with van der Waals surface area (Å²) in [4.78, 5) is 11.2. The Kier molecular flexibility index (Phi) is 5.16. The molecular weight excluding hydrogens is 322 g/mol. The quantitative estimate of drug-likeness (QED) is 0.872. The van der Waals surface area contributed by atoms with Crippen LogP contribution in [0.1, 0.15) is 19.8 Å². The fraction of sp³-hybridized carbons (Fsp3) is 0.533. The molecule has 1 aromatic rings. The van der Waals surface area contributed by atoms with Crippen LogP contribution in [-0.2, 0) is 14.8 Å². The van der Waals surface area contributed by atoms with Crippen molar-refractivity contribution < 1.29 is 27.8 Å². The molecule has 0 radical (unpaired) electrons. The first-order valence-corrected chi connectivity index (χ1v) is 8.72. The zero-order valence-electron chi connectivity index (χ0n) is 13.4. The first-order chi connectivity index (χ1) is 10.8. The van der Waals surface area contributed by atoms with Crippen molar-refractivity contribution in [3.63, 3.8) is 0 Å². The fourth-order valence-corrected chi connectivity index (χ4v) is 4.80. The monoisotopic (exact) mass is 343 g/mol. The Hall–Kier alpha value is -1.80. The van der Waals surface area contributed by atoms with Crippen LogP contribution in [0.3, 0.4) is 0 Å². The number of hydrogen-bond donors (Lipinski definition) is 1. The Morgan fingerprint density at radius 2 is 1.78 bits per heavy atom. The number of carboxylic acid groups (broad SMARTS) is 1. The number of methoxy groups -OCH3 is 2. The molecule has 1 saturated heterocycles. The van der Waals surface area contributed by atoms with E-state index in [1.807, 2.05) is 0 Å². The summed E-state index contributed by atoms with van der Waals surface area (Å²) in [6, 6.07) is 4.43. The van der Waals surface area contributed by atoms with Crippen molar-refractivity contribution in [3.05, 3.63) is 18.2 Å². The van der Waals surface area contributed by atoms with Crippen molar-refractivity contribution in [2.75, 3.05) is 20.8 Å². The maximum atomic E-state index is 13.1. The minimum absolute atomic E-state index is 0.0555. The minimum atomic E-state index is -3.94. The van der Waals surface area contributed by atoms with E-state index in [2.05, 4.69) is 0 Å². The molecule has 128 valence electrons. The van der Waals surface area contributed by atoms with Crippen LogP contribution < -0.4 is 9.47 Å². The van der Waals surface area contributed by atoms with Crippen LogP contribution in [0.4, 0.5) is 0 Å². The highest BCUT2D eigenvalue weighted by Crippen LogP contribution is 2.38. The normalized spacial score (nSPS) is 22.6. The summed E-state index contributed by atoms with van der Waals surface area (Å²) in [6.07, 6.45) is 0.958. The van der Waals surface area contributed by atoms with Gasteiger partial charge in [0, 0.05) is 12.6 Å². The molecule has 2 unspecified atom stereocenters.